The molecule has 1 aliphatic carbocycles. The third kappa shape index (κ3) is 5.73. The number of pyridine rings is 2. The normalized spacial score (nSPS) is 21.3. The maximum Gasteiger partial charge on any atom is 0.303 e. The highest BCUT2D eigenvalue weighted by Gasteiger charge is 2.28. The molecular formula is C26H33N5O4. The molecule has 1 aliphatic heterocycles. The number of carboxylic acids is 1. The van der Waals surface area contributed by atoms with Gasteiger partial charge in [-0.25, -0.2) is 9.97 Å². The number of nitrogens with one attached hydrogen (secondary N) is 1. The zero-order valence-electron chi connectivity index (χ0n) is 20.2. The summed E-state index contributed by atoms with van der Waals surface area (Å²) in [7, 11) is 0. The Morgan fingerprint density at radius 2 is 1.83 bits per heavy atom. The van der Waals surface area contributed by atoms with Crippen LogP contribution in [0.3, 0.4) is 0 Å². The Morgan fingerprint density at radius 1 is 1.06 bits per heavy atom. The van der Waals surface area contributed by atoms with Gasteiger partial charge in [-0.3, -0.25) is 4.79 Å². The first kappa shape index (κ1) is 23.5. The van der Waals surface area contributed by atoms with Crippen molar-refractivity contribution in [1.82, 2.24) is 19.9 Å². The summed E-state index contributed by atoms with van der Waals surface area (Å²) < 4.78 is 11.9. The zero-order valence-corrected chi connectivity index (χ0v) is 20.2. The van der Waals surface area contributed by atoms with Crippen molar-refractivity contribution in [1.29, 1.82) is 0 Å². The molecule has 5 rings (SSSR count). The molecule has 2 aliphatic rings. The van der Waals surface area contributed by atoms with E-state index in [-0.39, 0.29) is 12.2 Å². The molecule has 0 aromatic carbocycles. The molecule has 35 heavy (non-hydrogen) atoms. The highest BCUT2D eigenvalue weighted by molar-refractivity contribution is 5.76. The van der Waals surface area contributed by atoms with Crippen molar-refractivity contribution in [3.63, 3.8) is 0 Å². The number of piperidine rings is 1. The summed E-state index contributed by atoms with van der Waals surface area (Å²) in [6.07, 6.45) is 8.53. The molecule has 3 aromatic heterocycles. The number of rotatable bonds is 8. The third-order valence-electron chi connectivity index (χ3n) is 7.04. The van der Waals surface area contributed by atoms with Gasteiger partial charge in [0, 0.05) is 37.3 Å². The van der Waals surface area contributed by atoms with E-state index >= 15 is 0 Å². The van der Waals surface area contributed by atoms with E-state index in [2.05, 4.69) is 19.9 Å². The van der Waals surface area contributed by atoms with Gasteiger partial charge in [-0.2, -0.15) is 4.98 Å². The number of ether oxygens (including phenoxy) is 2. The summed E-state index contributed by atoms with van der Waals surface area (Å²) in [6, 6.07) is 7.83. The first-order valence-electron chi connectivity index (χ1n) is 12.7. The van der Waals surface area contributed by atoms with E-state index in [0.29, 0.717) is 30.5 Å². The van der Waals surface area contributed by atoms with Crippen molar-refractivity contribution in [2.24, 2.45) is 5.92 Å². The summed E-state index contributed by atoms with van der Waals surface area (Å²) >= 11 is 0. The number of hydrogen-bond donors (Lipinski definition) is 2. The lowest BCUT2D eigenvalue weighted by molar-refractivity contribution is -0.138. The molecule has 186 valence electrons. The SMILES string of the molecule is CCOc1ccc2nc(-c3ccc(N4CCC(OC5CCC(CC(=O)O)CC5)CC4)nc3)[nH]c2n1. The van der Waals surface area contributed by atoms with Gasteiger partial charge in [0.05, 0.1) is 18.8 Å². The lowest BCUT2D eigenvalue weighted by Crippen LogP contribution is -2.39. The molecule has 9 nitrogen and oxygen atoms in total. The van der Waals surface area contributed by atoms with Gasteiger partial charge in [-0.05, 0) is 69.6 Å². The largest absolute Gasteiger partial charge is 0.481 e. The van der Waals surface area contributed by atoms with Gasteiger partial charge >= 0.3 is 5.97 Å². The Hall–Kier alpha value is -3.20. The zero-order chi connectivity index (χ0) is 24.2. The van der Waals surface area contributed by atoms with E-state index in [9.17, 15) is 4.79 Å². The van der Waals surface area contributed by atoms with Gasteiger partial charge < -0.3 is 24.5 Å². The number of nitrogens with zero attached hydrogens (tertiary/aromatic N) is 4. The number of aromatic nitrogens is 4. The van der Waals surface area contributed by atoms with Crippen LogP contribution in [0.1, 0.15) is 51.9 Å². The van der Waals surface area contributed by atoms with Crippen molar-refractivity contribution >= 4 is 23.0 Å². The van der Waals surface area contributed by atoms with Gasteiger partial charge in [-0.15, -0.1) is 0 Å². The number of carbonyl (C=O) groups is 1. The molecule has 0 unspecified atom stereocenters. The maximum atomic E-state index is 10.9. The van der Waals surface area contributed by atoms with Gasteiger partial charge in [0.25, 0.3) is 0 Å². The van der Waals surface area contributed by atoms with Crippen LogP contribution >= 0.6 is 0 Å². The molecular weight excluding hydrogens is 446 g/mol. The molecule has 1 saturated carbocycles. The second-order valence-corrected chi connectivity index (χ2v) is 9.50. The van der Waals surface area contributed by atoms with Crippen LogP contribution in [-0.2, 0) is 9.53 Å². The quantitative estimate of drug-likeness (QED) is 0.488. The molecule has 0 bridgehead atoms. The molecule has 1 saturated heterocycles. The second kappa shape index (κ2) is 10.6. The van der Waals surface area contributed by atoms with Crippen molar-refractivity contribution in [3.05, 3.63) is 30.5 Å². The maximum absolute atomic E-state index is 10.9. The summed E-state index contributed by atoms with van der Waals surface area (Å²) in [5.74, 6) is 1.92. The minimum absolute atomic E-state index is 0.274. The van der Waals surface area contributed by atoms with Crippen LogP contribution < -0.4 is 9.64 Å². The van der Waals surface area contributed by atoms with E-state index < -0.39 is 5.97 Å². The molecule has 4 heterocycles. The summed E-state index contributed by atoms with van der Waals surface area (Å²) in [4.78, 5) is 30.3. The molecule has 0 spiro atoms. The fraction of sp³-hybridized carbons (Fsp3) is 0.538. The fourth-order valence-electron chi connectivity index (χ4n) is 5.17. The monoisotopic (exact) mass is 479 g/mol. The standard InChI is InChI=1S/C26H33N5O4/c1-2-34-23-10-8-21-26(29-23)30-25(28-21)18-5-9-22(27-16-18)31-13-11-20(12-14-31)35-19-6-3-17(4-7-19)15-24(32)33/h5,8-10,16-17,19-20H,2-4,6-7,11-15H2,1H3,(H,32,33)(H,28,29,30). The van der Waals surface area contributed by atoms with Crippen LogP contribution in [0.15, 0.2) is 30.5 Å². The van der Waals surface area contributed by atoms with Crippen LogP contribution in [0.4, 0.5) is 5.82 Å². The molecule has 2 fully saturated rings. The smallest absolute Gasteiger partial charge is 0.303 e. The molecule has 2 N–H and O–H groups in total. The minimum atomic E-state index is -0.686. The third-order valence-corrected chi connectivity index (χ3v) is 7.04. The van der Waals surface area contributed by atoms with Gasteiger partial charge in [0.2, 0.25) is 5.88 Å². The Morgan fingerprint density at radius 3 is 2.51 bits per heavy atom. The van der Waals surface area contributed by atoms with E-state index in [1.807, 2.05) is 37.4 Å². The summed E-state index contributed by atoms with van der Waals surface area (Å²) in [5, 5.41) is 8.99. The number of imidazole rings is 1. The number of carboxylic acid groups (broad SMARTS) is 1. The highest BCUT2D eigenvalue weighted by atomic mass is 16.5. The van der Waals surface area contributed by atoms with Crippen molar-refractivity contribution < 1.29 is 19.4 Å². The summed E-state index contributed by atoms with van der Waals surface area (Å²) in [6.45, 7) is 4.34. The number of fused-ring (bicyclic) bond motifs is 1. The van der Waals surface area contributed by atoms with Crippen LogP contribution in [0.5, 0.6) is 5.88 Å². The Balaban J connectivity index is 1.13. The second-order valence-electron chi connectivity index (χ2n) is 9.50. The Kier molecular flexibility index (Phi) is 7.13. The fourth-order valence-corrected chi connectivity index (χ4v) is 5.17. The van der Waals surface area contributed by atoms with Gasteiger partial charge in [0.1, 0.15) is 17.2 Å². The number of aromatic amines is 1. The molecule has 0 amide bonds. The number of H-pyrrole nitrogens is 1. The van der Waals surface area contributed by atoms with Crippen molar-refractivity contribution in [2.75, 3.05) is 24.6 Å². The minimum Gasteiger partial charge on any atom is -0.481 e. The average molecular weight is 480 g/mol. The van der Waals surface area contributed by atoms with E-state index in [0.717, 1.165) is 74.3 Å². The van der Waals surface area contributed by atoms with Crippen LogP contribution in [0, 0.1) is 5.92 Å². The number of hydrogen-bond acceptors (Lipinski definition) is 7. The topological polar surface area (TPSA) is 113 Å². The van der Waals surface area contributed by atoms with Crippen LogP contribution in [-0.4, -0.2) is 62.9 Å². The predicted octanol–water partition coefficient (Wildman–Crippen LogP) is 4.44. The highest BCUT2D eigenvalue weighted by Crippen LogP contribution is 2.31. The molecule has 3 aromatic rings. The van der Waals surface area contributed by atoms with E-state index in [4.69, 9.17) is 19.6 Å². The molecule has 9 heteroatoms. The predicted molar refractivity (Wildman–Crippen MR) is 133 cm³/mol. The van der Waals surface area contributed by atoms with Gasteiger partial charge in [-0.1, -0.05) is 0 Å². The van der Waals surface area contributed by atoms with Crippen LogP contribution in [0.2, 0.25) is 0 Å². The number of aliphatic carboxylic acids is 1. The lowest BCUT2D eigenvalue weighted by Gasteiger charge is -2.36. The summed E-state index contributed by atoms with van der Waals surface area (Å²) in [5.41, 5.74) is 2.42. The van der Waals surface area contributed by atoms with Crippen molar-refractivity contribution in [3.8, 4) is 17.3 Å². The average Bonchev–Trinajstić information content (AvgIpc) is 3.29. The van der Waals surface area contributed by atoms with E-state index in [1.54, 1.807) is 0 Å². The molecule has 0 radical (unpaired) electrons. The Bertz CT molecular complexity index is 1130. The van der Waals surface area contributed by atoms with E-state index in [1.165, 1.54) is 0 Å². The number of anilines is 1. The van der Waals surface area contributed by atoms with Gasteiger partial charge in [0.15, 0.2) is 5.65 Å². The first-order chi connectivity index (χ1) is 17.1. The first-order valence-corrected chi connectivity index (χ1v) is 12.7. The Labute approximate surface area is 204 Å². The van der Waals surface area contributed by atoms with Crippen LogP contribution in [0.25, 0.3) is 22.6 Å². The van der Waals surface area contributed by atoms with Crippen molar-refractivity contribution in [2.45, 2.75) is 64.1 Å². The lowest BCUT2D eigenvalue weighted by atomic mass is 9.85. The molecule has 0 atom stereocenters.